The molecule has 5 N–H and O–H groups in total. The van der Waals surface area contributed by atoms with E-state index in [-0.39, 0.29) is 37.0 Å². The van der Waals surface area contributed by atoms with Crippen molar-refractivity contribution in [3.8, 4) is 0 Å². The monoisotopic (exact) mass is 291 g/mol. The Labute approximate surface area is 114 Å². The quantitative estimate of drug-likeness (QED) is 0.510. The fraction of sp³-hybridized carbons (Fsp3) is 0.917. The Balaban J connectivity index is 2.43. The lowest BCUT2D eigenvalue weighted by atomic mass is 9.85. The topological polar surface area (TPSA) is 113 Å². The molecule has 0 aromatic heterocycles. The summed E-state index contributed by atoms with van der Waals surface area (Å²) in [6.45, 7) is -0.0323. The van der Waals surface area contributed by atoms with Gasteiger partial charge in [0.1, 0.15) is 0 Å². The van der Waals surface area contributed by atoms with Gasteiger partial charge < -0.3 is 16.2 Å². The molecule has 110 valence electrons. The van der Waals surface area contributed by atoms with Gasteiger partial charge in [0.15, 0.2) is 5.66 Å². The van der Waals surface area contributed by atoms with Gasteiger partial charge in [0.25, 0.3) is 0 Å². The highest BCUT2D eigenvalue weighted by atomic mass is 31.1. The van der Waals surface area contributed by atoms with Gasteiger partial charge in [-0.1, -0.05) is 19.3 Å². The molecule has 0 aromatic rings. The Morgan fingerprint density at radius 3 is 2.53 bits per heavy atom. The third-order valence-electron chi connectivity index (χ3n) is 3.71. The zero-order valence-electron chi connectivity index (χ0n) is 11.1. The molecule has 1 aliphatic rings. The van der Waals surface area contributed by atoms with E-state index in [9.17, 15) is 19.4 Å². The highest BCUT2D eigenvalue weighted by Gasteiger charge is 2.39. The molecule has 1 aliphatic carbocycles. The van der Waals surface area contributed by atoms with Crippen molar-refractivity contribution in [1.29, 1.82) is 0 Å². The summed E-state index contributed by atoms with van der Waals surface area (Å²) < 4.78 is 11.5. The number of hydrogen-bond donors (Lipinski definition) is 4. The number of aliphatic hydroxyl groups is 1. The molecule has 0 heterocycles. The van der Waals surface area contributed by atoms with Crippen molar-refractivity contribution in [2.75, 3.05) is 13.1 Å². The number of carbonyl (C=O) groups is 1. The second kappa shape index (κ2) is 8.59. The zero-order valence-corrected chi connectivity index (χ0v) is 12.0. The standard InChI is InChI=1S/C12H23N2O4P/c13-7-12(16)14-8-10(15)6-11(19(17)18)9-4-2-1-3-5-9/h9-11,15H,1-8,13H2,(H-,14,16,17,18)/p+1/t10-,11?/m1/s1. The molecule has 1 amide bonds. The second-order valence-electron chi connectivity index (χ2n) is 5.17. The fourth-order valence-electron chi connectivity index (χ4n) is 2.65. The number of carbonyl (C=O) groups excluding carboxylic acids is 1. The van der Waals surface area contributed by atoms with Gasteiger partial charge in [0.05, 0.1) is 12.6 Å². The Morgan fingerprint density at radius 2 is 2.00 bits per heavy atom. The van der Waals surface area contributed by atoms with Crippen LogP contribution in [0.5, 0.6) is 0 Å². The van der Waals surface area contributed by atoms with Crippen LogP contribution in [0, 0.1) is 5.92 Å². The molecule has 1 fully saturated rings. The first-order valence-electron chi connectivity index (χ1n) is 6.84. The van der Waals surface area contributed by atoms with Crippen LogP contribution in [-0.2, 0) is 9.36 Å². The molecule has 1 rings (SSSR count). The smallest absolute Gasteiger partial charge is 0.391 e. The van der Waals surface area contributed by atoms with E-state index in [2.05, 4.69) is 5.32 Å². The Kier molecular flexibility index (Phi) is 7.46. The van der Waals surface area contributed by atoms with Crippen LogP contribution in [0.4, 0.5) is 0 Å². The average molecular weight is 291 g/mol. The number of amides is 1. The van der Waals surface area contributed by atoms with Crippen LogP contribution >= 0.6 is 8.03 Å². The summed E-state index contributed by atoms with van der Waals surface area (Å²) in [7, 11) is -2.30. The third-order valence-corrected chi connectivity index (χ3v) is 4.91. The van der Waals surface area contributed by atoms with Gasteiger partial charge in [-0.05, 0) is 17.4 Å². The number of aliphatic hydroxyl groups excluding tert-OH is 1. The Bertz CT molecular complexity index is 308. The largest absolute Gasteiger partial charge is 0.509 e. The van der Waals surface area contributed by atoms with E-state index in [1.807, 2.05) is 0 Å². The van der Waals surface area contributed by atoms with Gasteiger partial charge in [-0.25, -0.2) is 0 Å². The summed E-state index contributed by atoms with van der Waals surface area (Å²) in [4.78, 5) is 20.4. The maximum atomic E-state index is 11.5. The Morgan fingerprint density at radius 1 is 1.37 bits per heavy atom. The van der Waals surface area contributed by atoms with Gasteiger partial charge in [-0.15, -0.1) is 0 Å². The predicted molar refractivity (Wildman–Crippen MR) is 72.9 cm³/mol. The first kappa shape index (κ1) is 16.5. The highest BCUT2D eigenvalue weighted by molar-refractivity contribution is 7.38. The van der Waals surface area contributed by atoms with Crippen molar-refractivity contribution in [3.63, 3.8) is 0 Å². The zero-order chi connectivity index (χ0) is 14.3. The van der Waals surface area contributed by atoms with E-state index in [1.165, 1.54) is 6.42 Å². The van der Waals surface area contributed by atoms with Crippen LogP contribution in [0.1, 0.15) is 38.5 Å². The summed E-state index contributed by atoms with van der Waals surface area (Å²) in [5.74, 6) is -0.121. The van der Waals surface area contributed by atoms with Gasteiger partial charge in [-0.3, -0.25) is 4.79 Å². The third kappa shape index (κ3) is 5.95. The second-order valence-corrected chi connectivity index (χ2v) is 6.43. The van der Waals surface area contributed by atoms with E-state index in [4.69, 9.17) is 5.73 Å². The van der Waals surface area contributed by atoms with Crippen molar-refractivity contribution >= 4 is 13.9 Å². The molecule has 0 spiro atoms. The predicted octanol–water partition coefficient (Wildman–Crippen LogP) is 0.496. The number of hydrogen-bond acceptors (Lipinski definition) is 4. The molecular formula is C12H24N2O4P+. The normalized spacial score (nSPS) is 20.7. The van der Waals surface area contributed by atoms with Crippen LogP contribution < -0.4 is 11.1 Å². The molecule has 0 bridgehead atoms. The molecule has 2 unspecified atom stereocenters. The molecule has 0 aromatic carbocycles. The molecule has 7 heteroatoms. The van der Waals surface area contributed by atoms with Crippen LogP contribution in [0.15, 0.2) is 0 Å². The molecule has 0 saturated heterocycles. The van der Waals surface area contributed by atoms with Gasteiger partial charge in [-0.2, -0.15) is 4.89 Å². The maximum Gasteiger partial charge on any atom is 0.509 e. The summed E-state index contributed by atoms with van der Waals surface area (Å²) in [5.41, 5.74) is 4.77. The van der Waals surface area contributed by atoms with Crippen molar-refractivity contribution in [1.82, 2.24) is 5.32 Å². The average Bonchev–Trinajstić information content (AvgIpc) is 2.42. The molecular weight excluding hydrogens is 267 g/mol. The van der Waals surface area contributed by atoms with Crippen LogP contribution in [0.3, 0.4) is 0 Å². The number of nitrogens with two attached hydrogens (primary N) is 1. The molecule has 3 atom stereocenters. The minimum atomic E-state index is -2.30. The van der Waals surface area contributed by atoms with Crippen LogP contribution in [0.25, 0.3) is 0 Å². The van der Waals surface area contributed by atoms with Crippen molar-refractivity contribution < 1.29 is 19.4 Å². The minimum Gasteiger partial charge on any atom is -0.391 e. The first-order chi connectivity index (χ1) is 9.04. The van der Waals surface area contributed by atoms with Crippen molar-refractivity contribution in [3.05, 3.63) is 0 Å². The molecule has 1 saturated carbocycles. The SMILES string of the molecule is NCC(=O)NC[C@H](O)CC(C1CCCCC1)[P+](=O)O. The maximum absolute atomic E-state index is 11.5. The van der Waals surface area contributed by atoms with Gasteiger partial charge in [0.2, 0.25) is 5.91 Å². The number of nitrogens with one attached hydrogen (secondary N) is 1. The van der Waals surface area contributed by atoms with E-state index in [1.54, 1.807) is 0 Å². The summed E-state index contributed by atoms with van der Waals surface area (Å²) in [6.07, 6.45) is 4.72. The summed E-state index contributed by atoms with van der Waals surface area (Å²) in [5, 5.41) is 12.3. The lowest BCUT2D eigenvalue weighted by Crippen LogP contribution is -2.38. The van der Waals surface area contributed by atoms with Crippen LogP contribution in [0.2, 0.25) is 0 Å². The summed E-state index contributed by atoms with van der Waals surface area (Å²) in [6, 6.07) is 0. The minimum absolute atomic E-state index is 0.0857. The lowest BCUT2D eigenvalue weighted by molar-refractivity contribution is -0.120. The van der Waals surface area contributed by atoms with Crippen LogP contribution in [-0.4, -0.2) is 40.8 Å². The Hall–Kier alpha value is -0.550. The molecule has 0 radical (unpaired) electrons. The van der Waals surface area contributed by atoms with E-state index in [0.29, 0.717) is 0 Å². The number of rotatable bonds is 7. The van der Waals surface area contributed by atoms with Gasteiger partial charge in [0, 0.05) is 18.9 Å². The molecule has 19 heavy (non-hydrogen) atoms. The highest BCUT2D eigenvalue weighted by Crippen LogP contribution is 2.40. The summed E-state index contributed by atoms with van der Waals surface area (Å²) >= 11 is 0. The molecule has 6 nitrogen and oxygen atoms in total. The van der Waals surface area contributed by atoms with Crippen molar-refractivity contribution in [2.24, 2.45) is 11.7 Å². The van der Waals surface area contributed by atoms with Gasteiger partial charge >= 0.3 is 8.03 Å². The molecule has 0 aliphatic heterocycles. The van der Waals surface area contributed by atoms with E-state index < -0.39 is 14.1 Å². The lowest BCUT2D eigenvalue weighted by Gasteiger charge is -2.24. The van der Waals surface area contributed by atoms with E-state index >= 15 is 0 Å². The fourth-order valence-corrected chi connectivity index (χ4v) is 3.73. The first-order valence-corrected chi connectivity index (χ1v) is 8.12. The van der Waals surface area contributed by atoms with Crippen molar-refractivity contribution in [2.45, 2.75) is 50.3 Å². The van der Waals surface area contributed by atoms with E-state index in [0.717, 1.165) is 25.7 Å².